The van der Waals surface area contributed by atoms with E-state index in [1.165, 1.54) is 0 Å². The van der Waals surface area contributed by atoms with Crippen LogP contribution in [-0.2, 0) is 9.53 Å². The number of ether oxygens (including phenoxy) is 2. The van der Waals surface area contributed by atoms with Crippen molar-refractivity contribution in [2.75, 3.05) is 46.5 Å². The highest BCUT2D eigenvalue weighted by Crippen LogP contribution is 2.22. The van der Waals surface area contributed by atoms with E-state index in [1.54, 1.807) is 24.1 Å². The molecule has 6 heteroatoms. The molecule has 24 heavy (non-hydrogen) atoms. The average molecular weight is 332 g/mol. The lowest BCUT2D eigenvalue weighted by Crippen LogP contribution is -2.49. The minimum atomic E-state index is -0.105. The molecule has 2 saturated heterocycles. The van der Waals surface area contributed by atoms with Gasteiger partial charge in [-0.2, -0.15) is 0 Å². The molecule has 0 spiro atoms. The van der Waals surface area contributed by atoms with Gasteiger partial charge in [0.1, 0.15) is 5.75 Å². The zero-order chi connectivity index (χ0) is 16.9. The molecule has 0 radical (unpaired) electrons. The lowest BCUT2D eigenvalue weighted by atomic mass is 9.95. The predicted molar refractivity (Wildman–Crippen MR) is 89.0 cm³/mol. The second kappa shape index (κ2) is 7.66. The van der Waals surface area contributed by atoms with E-state index >= 15 is 0 Å². The summed E-state index contributed by atoms with van der Waals surface area (Å²) < 4.78 is 10.5. The zero-order valence-electron chi connectivity index (χ0n) is 14.1. The van der Waals surface area contributed by atoms with Gasteiger partial charge < -0.3 is 19.3 Å². The molecule has 2 heterocycles. The highest BCUT2D eigenvalue weighted by molar-refractivity contribution is 5.95. The van der Waals surface area contributed by atoms with Gasteiger partial charge in [-0.15, -0.1) is 0 Å². The number of carbonyl (C=O) groups is 2. The Labute approximate surface area is 142 Å². The molecule has 1 aromatic carbocycles. The van der Waals surface area contributed by atoms with Crippen molar-refractivity contribution in [3.8, 4) is 5.75 Å². The number of benzene rings is 1. The third kappa shape index (κ3) is 3.70. The number of hydrogen-bond donors (Lipinski definition) is 0. The Bertz CT molecular complexity index is 598. The molecule has 2 aliphatic rings. The fourth-order valence-electron chi connectivity index (χ4n) is 3.34. The first-order valence-electron chi connectivity index (χ1n) is 8.49. The molecule has 1 aromatic rings. The summed E-state index contributed by atoms with van der Waals surface area (Å²) >= 11 is 0. The highest BCUT2D eigenvalue weighted by atomic mass is 16.5. The molecule has 2 amide bonds. The quantitative estimate of drug-likeness (QED) is 0.840. The molecule has 2 aliphatic heterocycles. The number of rotatable bonds is 3. The molecule has 0 N–H and O–H groups in total. The van der Waals surface area contributed by atoms with Crippen molar-refractivity contribution in [3.05, 3.63) is 29.8 Å². The number of amides is 2. The van der Waals surface area contributed by atoms with E-state index in [4.69, 9.17) is 9.47 Å². The van der Waals surface area contributed by atoms with Gasteiger partial charge in [0.15, 0.2) is 0 Å². The van der Waals surface area contributed by atoms with E-state index in [9.17, 15) is 9.59 Å². The van der Waals surface area contributed by atoms with Gasteiger partial charge in [-0.05, 0) is 31.0 Å². The van der Waals surface area contributed by atoms with Gasteiger partial charge in [-0.1, -0.05) is 6.07 Å². The molecule has 2 fully saturated rings. The van der Waals surface area contributed by atoms with Gasteiger partial charge in [0.2, 0.25) is 5.91 Å². The second-order valence-electron chi connectivity index (χ2n) is 6.26. The number of methoxy groups -OCH3 is 1. The van der Waals surface area contributed by atoms with Crippen LogP contribution in [0.1, 0.15) is 23.2 Å². The molecule has 6 nitrogen and oxygen atoms in total. The fourth-order valence-corrected chi connectivity index (χ4v) is 3.34. The van der Waals surface area contributed by atoms with Crippen molar-refractivity contribution in [2.24, 2.45) is 5.92 Å². The molecule has 0 saturated carbocycles. The Morgan fingerprint density at radius 2 is 1.96 bits per heavy atom. The van der Waals surface area contributed by atoms with E-state index < -0.39 is 0 Å². The summed E-state index contributed by atoms with van der Waals surface area (Å²) in [7, 11) is 1.58. The smallest absolute Gasteiger partial charge is 0.254 e. The molecule has 1 atom stereocenters. The van der Waals surface area contributed by atoms with E-state index in [0.717, 1.165) is 12.8 Å². The van der Waals surface area contributed by atoms with Crippen LogP contribution in [0.3, 0.4) is 0 Å². The summed E-state index contributed by atoms with van der Waals surface area (Å²) in [5, 5.41) is 0. The molecule has 3 rings (SSSR count). The standard InChI is InChI=1S/C18H24N2O4/c1-23-16-6-2-4-14(12-16)17(21)20-7-3-5-15(13-20)18(22)19-8-10-24-11-9-19/h2,4,6,12,15H,3,5,7-11,13H2,1H3. The number of piperidine rings is 1. The Morgan fingerprint density at radius 1 is 1.17 bits per heavy atom. The van der Waals surface area contributed by atoms with Crippen molar-refractivity contribution < 1.29 is 19.1 Å². The first-order valence-corrected chi connectivity index (χ1v) is 8.49. The second-order valence-corrected chi connectivity index (χ2v) is 6.26. The highest BCUT2D eigenvalue weighted by Gasteiger charge is 2.32. The van der Waals surface area contributed by atoms with Gasteiger partial charge in [0.05, 0.1) is 26.2 Å². The first kappa shape index (κ1) is 16.8. The van der Waals surface area contributed by atoms with Crippen LogP contribution < -0.4 is 4.74 Å². The number of nitrogens with zero attached hydrogens (tertiary/aromatic N) is 2. The third-order valence-corrected chi connectivity index (χ3v) is 4.70. The van der Waals surface area contributed by atoms with E-state index in [2.05, 4.69) is 0 Å². The fraction of sp³-hybridized carbons (Fsp3) is 0.556. The summed E-state index contributed by atoms with van der Waals surface area (Å²) in [6, 6.07) is 7.16. The van der Waals surface area contributed by atoms with Crippen LogP contribution in [0, 0.1) is 5.92 Å². The molecular weight excluding hydrogens is 308 g/mol. The Kier molecular flexibility index (Phi) is 5.35. The molecular formula is C18H24N2O4. The maximum absolute atomic E-state index is 12.7. The third-order valence-electron chi connectivity index (χ3n) is 4.70. The van der Waals surface area contributed by atoms with E-state index in [-0.39, 0.29) is 17.7 Å². The van der Waals surface area contributed by atoms with E-state index in [0.29, 0.717) is 50.7 Å². The number of hydrogen-bond acceptors (Lipinski definition) is 4. The lowest BCUT2D eigenvalue weighted by molar-refractivity contribution is -0.141. The monoisotopic (exact) mass is 332 g/mol. The molecule has 0 aromatic heterocycles. The Balaban J connectivity index is 1.66. The largest absolute Gasteiger partial charge is 0.497 e. The minimum absolute atomic E-state index is 0.0339. The summed E-state index contributed by atoms with van der Waals surface area (Å²) in [5.41, 5.74) is 0.605. The first-order chi connectivity index (χ1) is 11.7. The summed E-state index contributed by atoms with van der Waals surface area (Å²) in [5.74, 6) is 0.681. The van der Waals surface area contributed by atoms with Gasteiger partial charge in [0, 0.05) is 31.7 Å². The summed E-state index contributed by atoms with van der Waals surface area (Å²) in [4.78, 5) is 29.1. The topological polar surface area (TPSA) is 59.1 Å². The van der Waals surface area contributed by atoms with Crippen LogP contribution >= 0.6 is 0 Å². The maximum Gasteiger partial charge on any atom is 0.254 e. The van der Waals surface area contributed by atoms with Gasteiger partial charge in [-0.25, -0.2) is 0 Å². The van der Waals surface area contributed by atoms with Crippen LogP contribution in [0.25, 0.3) is 0 Å². The van der Waals surface area contributed by atoms with Gasteiger partial charge in [-0.3, -0.25) is 9.59 Å². The van der Waals surface area contributed by atoms with Crippen LogP contribution in [0.5, 0.6) is 5.75 Å². The predicted octanol–water partition coefficient (Wildman–Crippen LogP) is 1.41. The zero-order valence-corrected chi connectivity index (χ0v) is 14.1. The van der Waals surface area contributed by atoms with Gasteiger partial charge in [0.25, 0.3) is 5.91 Å². The van der Waals surface area contributed by atoms with E-state index in [1.807, 2.05) is 17.0 Å². The van der Waals surface area contributed by atoms with Crippen molar-refractivity contribution >= 4 is 11.8 Å². The molecule has 130 valence electrons. The summed E-state index contributed by atoms with van der Waals surface area (Å²) in [6.07, 6.45) is 1.70. The molecule has 1 unspecified atom stereocenters. The number of morpholine rings is 1. The van der Waals surface area contributed by atoms with Gasteiger partial charge >= 0.3 is 0 Å². The van der Waals surface area contributed by atoms with Crippen molar-refractivity contribution in [1.82, 2.24) is 9.80 Å². The average Bonchev–Trinajstić information content (AvgIpc) is 2.67. The SMILES string of the molecule is COc1cccc(C(=O)N2CCCC(C(=O)N3CCOCC3)C2)c1. The molecule has 0 aliphatic carbocycles. The van der Waals surface area contributed by atoms with Crippen LogP contribution in [0.15, 0.2) is 24.3 Å². The van der Waals surface area contributed by atoms with Crippen LogP contribution in [0.2, 0.25) is 0 Å². The van der Waals surface area contributed by atoms with Crippen molar-refractivity contribution in [2.45, 2.75) is 12.8 Å². The number of carbonyl (C=O) groups excluding carboxylic acids is 2. The maximum atomic E-state index is 12.7. The van der Waals surface area contributed by atoms with Crippen molar-refractivity contribution in [1.29, 1.82) is 0 Å². The lowest BCUT2D eigenvalue weighted by Gasteiger charge is -2.36. The van der Waals surface area contributed by atoms with Crippen LogP contribution in [-0.4, -0.2) is 68.1 Å². The minimum Gasteiger partial charge on any atom is -0.497 e. The summed E-state index contributed by atoms with van der Waals surface area (Å²) in [6.45, 7) is 3.70. The Hall–Kier alpha value is -2.08. The normalized spacial score (nSPS) is 21.5. The number of likely N-dealkylation sites (tertiary alicyclic amines) is 1. The van der Waals surface area contributed by atoms with Crippen LogP contribution in [0.4, 0.5) is 0 Å². The molecule has 0 bridgehead atoms. The Morgan fingerprint density at radius 3 is 2.71 bits per heavy atom. The van der Waals surface area contributed by atoms with Crippen molar-refractivity contribution in [3.63, 3.8) is 0 Å².